The largest absolute Gasteiger partial charge is 0.326 e. The highest BCUT2D eigenvalue weighted by Gasteiger charge is 2.12. The fourth-order valence-corrected chi connectivity index (χ4v) is 2.90. The lowest BCUT2D eigenvalue weighted by molar-refractivity contribution is -0.116. The molecule has 3 aromatic heterocycles. The minimum atomic E-state index is 0.0202. The summed E-state index contributed by atoms with van der Waals surface area (Å²) in [5, 5.41) is 16.0. The van der Waals surface area contributed by atoms with E-state index in [1.807, 2.05) is 68.4 Å². The van der Waals surface area contributed by atoms with Crippen LogP contribution in [0.25, 0.3) is 28.4 Å². The summed E-state index contributed by atoms with van der Waals surface area (Å²) in [7, 11) is 0. The smallest absolute Gasteiger partial charge is 0.224 e. The topological polar surface area (TPSA) is 85.1 Å². The van der Waals surface area contributed by atoms with Crippen molar-refractivity contribution in [2.75, 3.05) is 5.32 Å². The van der Waals surface area contributed by atoms with Gasteiger partial charge in [0.25, 0.3) is 0 Å². The molecule has 0 radical (unpaired) electrons. The standard InChI is InChI=1S/C21H20N6O/c1-14(2)13-20(28)23-16-8-6-15(7-9-16)17-10-11-19-24-25-21(27(19)26-17)18-5-3-4-12-22-18/h3-12,14H,13H2,1-2H3,(H,23,28). The normalized spacial score (nSPS) is 11.1. The predicted molar refractivity (Wildman–Crippen MR) is 108 cm³/mol. The molecule has 0 aliphatic rings. The fraction of sp³-hybridized carbons (Fsp3) is 0.190. The Hall–Kier alpha value is -3.61. The van der Waals surface area contributed by atoms with E-state index in [4.69, 9.17) is 0 Å². The van der Waals surface area contributed by atoms with Gasteiger partial charge in [-0.2, -0.15) is 9.61 Å². The molecule has 7 nitrogen and oxygen atoms in total. The van der Waals surface area contributed by atoms with Crippen LogP contribution in [0, 0.1) is 5.92 Å². The van der Waals surface area contributed by atoms with Gasteiger partial charge in [0.2, 0.25) is 11.7 Å². The summed E-state index contributed by atoms with van der Waals surface area (Å²) in [6.45, 7) is 4.04. The maximum atomic E-state index is 11.9. The second kappa shape index (κ2) is 7.56. The van der Waals surface area contributed by atoms with E-state index < -0.39 is 0 Å². The lowest BCUT2D eigenvalue weighted by Crippen LogP contribution is -2.13. The van der Waals surface area contributed by atoms with Crippen molar-refractivity contribution in [2.24, 2.45) is 5.92 Å². The number of hydrogen-bond acceptors (Lipinski definition) is 5. The van der Waals surface area contributed by atoms with Crippen LogP contribution in [-0.2, 0) is 4.79 Å². The molecule has 1 aromatic carbocycles. The molecule has 0 bridgehead atoms. The maximum absolute atomic E-state index is 11.9. The Kier molecular flexibility index (Phi) is 4.80. The van der Waals surface area contributed by atoms with Gasteiger partial charge in [-0.25, -0.2) is 0 Å². The Morgan fingerprint density at radius 1 is 1.00 bits per heavy atom. The number of aromatic nitrogens is 5. The van der Waals surface area contributed by atoms with E-state index in [-0.39, 0.29) is 5.91 Å². The van der Waals surface area contributed by atoms with Crippen molar-refractivity contribution >= 4 is 17.2 Å². The van der Waals surface area contributed by atoms with Crippen LogP contribution in [-0.4, -0.2) is 30.7 Å². The van der Waals surface area contributed by atoms with Crippen molar-refractivity contribution in [2.45, 2.75) is 20.3 Å². The van der Waals surface area contributed by atoms with Gasteiger partial charge >= 0.3 is 0 Å². The van der Waals surface area contributed by atoms with Gasteiger partial charge in [0.15, 0.2) is 5.65 Å². The third-order valence-electron chi connectivity index (χ3n) is 4.21. The maximum Gasteiger partial charge on any atom is 0.224 e. The minimum Gasteiger partial charge on any atom is -0.326 e. The quantitative estimate of drug-likeness (QED) is 0.575. The number of amides is 1. The number of nitrogens with zero attached hydrogens (tertiary/aromatic N) is 5. The number of hydrogen-bond donors (Lipinski definition) is 1. The van der Waals surface area contributed by atoms with Crippen LogP contribution in [0.5, 0.6) is 0 Å². The number of nitrogens with one attached hydrogen (secondary N) is 1. The van der Waals surface area contributed by atoms with Crippen molar-refractivity contribution in [1.82, 2.24) is 24.8 Å². The SMILES string of the molecule is CC(C)CC(=O)Nc1ccc(-c2ccc3nnc(-c4ccccn4)n3n2)cc1. The van der Waals surface area contributed by atoms with Gasteiger partial charge in [0, 0.05) is 23.9 Å². The number of pyridine rings is 1. The molecule has 4 aromatic rings. The molecule has 0 fully saturated rings. The summed E-state index contributed by atoms with van der Waals surface area (Å²) in [5.41, 5.74) is 3.85. The van der Waals surface area contributed by atoms with Gasteiger partial charge in [-0.05, 0) is 42.3 Å². The van der Waals surface area contributed by atoms with E-state index in [1.165, 1.54) is 0 Å². The summed E-state index contributed by atoms with van der Waals surface area (Å²) in [6.07, 6.45) is 2.22. The van der Waals surface area contributed by atoms with Crippen molar-refractivity contribution in [3.63, 3.8) is 0 Å². The fourth-order valence-electron chi connectivity index (χ4n) is 2.90. The molecule has 0 saturated carbocycles. The first kappa shape index (κ1) is 17.8. The Bertz CT molecular complexity index is 1100. The third kappa shape index (κ3) is 3.73. The highest BCUT2D eigenvalue weighted by molar-refractivity contribution is 5.91. The second-order valence-corrected chi connectivity index (χ2v) is 6.95. The van der Waals surface area contributed by atoms with Crippen LogP contribution in [0.3, 0.4) is 0 Å². The van der Waals surface area contributed by atoms with Gasteiger partial charge in [-0.3, -0.25) is 9.78 Å². The minimum absolute atomic E-state index is 0.0202. The first-order valence-electron chi connectivity index (χ1n) is 9.14. The van der Waals surface area contributed by atoms with E-state index in [1.54, 1.807) is 10.7 Å². The first-order chi connectivity index (χ1) is 13.6. The van der Waals surface area contributed by atoms with Gasteiger partial charge in [-0.1, -0.05) is 32.0 Å². The average molecular weight is 372 g/mol. The molecule has 0 aliphatic heterocycles. The summed E-state index contributed by atoms with van der Waals surface area (Å²) >= 11 is 0. The van der Waals surface area contributed by atoms with Crippen LogP contribution < -0.4 is 5.32 Å². The number of rotatable bonds is 5. The van der Waals surface area contributed by atoms with Crippen molar-refractivity contribution in [3.05, 3.63) is 60.8 Å². The molecule has 1 amide bonds. The van der Waals surface area contributed by atoms with Gasteiger partial charge in [0.1, 0.15) is 5.69 Å². The summed E-state index contributed by atoms with van der Waals surface area (Å²) < 4.78 is 1.69. The lowest BCUT2D eigenvalue weighted by Gasteiger charge is -2.08. The summed E-state index contributed by atoms with van der Waals surface area (Å²) in [4.78, 5) is 16.2. The zero-order chi connectivity index (χ0) is 19.5. The Morgan fingerprint density at radius 3 is 2.54 bits per heavy atom. The van der Waals surface area contributed by atoms with Crippen LogP contribution in [0.4, 0.5) is 5.69 Å². The van der Waals surface area contributed by atoms with E-state index in [9.17, 15) is 4.79 Å². The molecule has 7 heteroatoms. The van der Waals surface area contributed by atoms with Gasteiger partial charge in [-0.15, -0.1) is 10.2 Å². The number of carbonyl (C=O) groups excluding carboxylic acids is 1. The molecule has 140 valence electrons. The number of carbonyl (C=O) groups is 1. The molecule has 0 saturated heterocycles. The monoisotopic (exact) mass is 372 g/mol. The Labute approximate surface area is 162 Å². The first-order valence-corrected chi connectivity index (χ1v) is 9.14. The molecule has 0 spiro atoms. The van der Waals surface area contributed by atoms with Crippen LogP contribution in [0.1, 0.15) is 20.3 Å². The van der Waals surface area contributed by atoms with Crippen molar-refractivity contribution in [1.29, 1.82) is 0 Å². The second-order valence-electron chi connectivity index (χ2n) is 6.95. The van der Waals surface area contributed by atoms with Crippen LogP contribution in [0.15, 0.2) is 60.8 Å². The zero-order valence-electron chi connectivity index (χ0n) is 15.7. The predicted octanol–water partition coefficient (Wildman–Crippen LogP) is 3.84. The Balaban J connectivity index is 1.61. The van der Waals surface area contributed by atoms with Crippen molar-refractivity contribution < 1.29 is 4.79 Å². The molecular weight excluding hydrogens is 352 g/mol. The van der Waals surface area contributed by atoms with Gasteiger partial charge < -0.3 is 5.32 Å². The zero-order valence-corrected chi connectivity index (χ0v) is 15.7. The molecule has 0 aliphatic carbocycles. The highest BCUT2D eigenvalue weighted by Crippen LogP contribution is 2.22. The third-order valence-corrected chi connectivity index (χ3v) is 4.21. The number of benzene rings is 1. The molecular formula is C21H20N6O. The molecule has 0 atom stereocenters. The highest BCUT2D eigenvalue weighted by atomic mass is 16.1. The van der Waals surface area contributed by atoms with E-state index in [0.717, 1.165) is 16.9 Å². The van der Waals surface area contributed by atoms with E-state index in [0.29, 0.717) is 29.5 Å². The molecule has 4 rings (SSSR count). The average Bonchev–Trinajstić information content (AvgIpc) is 3.12. The van der Waals surface area contributed by atoms with Crippen LogP contribution >= 0.6 is 0 Å². The van der Waals surface area contributed by atoms with E-state index >= 15 is 0 Å². The molecule has 28 heavy (non-hydrogen) atoms. The summed E-state index contributed by atoms with van der Waals surface area (Å²) in [5.74, 6) is 0.939. The number of anilines is 1. The molecule has 1 N–H and O–H groups in total. The van der Waals surface area contributed by atoms with Gasteiger partial charge in [0.05, 0.1) is 5.69 Å². The van der Waals surface area contributed by atoms with Crippen molar-refractivity contribution in [3.8, 4) is 22.8 Å². The molecule has 3 heterocycles. The lowest BCUT2D eigenvalue weighted by atomic mass is 10.1. The van der Waals surface area contributed by atoms with Crippen LogP contribution in [0.2, 0.25) is 0 Å². The summed E-state index contributed by atoms with van der Waals surface area (Å²) in [6, 6.07) is 17.0. The molecule has 0 unspecified atom stereocenters. The van der Waals surface area contributed by atoms with E-state index in [2.05, 4.69) is 25.6 Å². The Morgan fingerprint density at radius 2 is 1.82 bits per heavy atom. The number of fused-ring (bicyclic) bond motifs is 1.